The van der Waals surface area contributed by atoms with Gasteiger partial charge in [-0.2, -0.15) is 12.2 Å². The maximum absolute atomic E-state index is 3.47. The SMILES string of the molecule is C[Si]1(C2=[C-]CC=C2)CCC1.C[Si]1(C2=[C-]CC=C2)CCC1.[Cl-].[Cl-].[Hf+4]. The topological polar surface area (TPSA) is 0 Å². The van der Waals surface area contributed by atoms with E-state index in [4.69, 9.17) is 0 Å². The summed E-state index contributed by atoms with van der Waals surface area (Å²) in [7, 11) is -1.69. The Hall–Kier alpha value is 0.844. The fraction of sp³-hybridized carbons (Fsp3) is 0.556. The maximum atomic E-state index is 3.47. The van der Waals surface area contributed by atoms with Gasteiger partial charge in [0.15, 0.2) is 0 Å². The molecule has 2 aliphatic heterocycles. The van der Waals surface area contributed by atoms with Gasteiger partial charge in [-0.15, -0.1) is 12.8 Å². The van der Waals surface area contributed by atoms with Crippen molar-refractivity contribution in [2.75, 3.05) is 0 Å². The minimum Gasteiger partial charge on any atom is -1.00 e. The summed E-state index contributed by atoms with van der Waals surface area (Å²) < 4.78 is 0. The molecule has 0 nitrogen and oxygen atoms in total. The second kappa shape index (κ2) is 10.1. The molecular formula is C18H26Cl2HfSi2. The maximum Gasteiger partial charge on any atom is 4.00 e. The number of halogens is 2. The van der Waals surface area contributed by atoms with Crippen LogP contribution in [-0.4, -0.2) is 16.1 Å². The molecule has 124 valence electrons. The van der Waals surface area contributed by atoms with E-state index in [0.717, 1.165) is 12.8 Å². The minimum atomic E-state index is -0.845. The van der Waals surface area contributed by atoms with Crippen LogP contribution < -0.4 is 24.8 Å². The molecule has 0 amide bonds. The standard InChI is InChI=1S/2C9H13Si.2ClH.Hf/c2*1-10(7-4-8-10)9-5-2-3-6-9;;;/h2*2,5H,3-4,7-8H2,1H3;2*1H;/q2*-1;;;+4/p-2. The molecule has 0 bridgehead atoms. The zero-order valence-electron chi connectivity index (χ0n) is 14.2. The average Bonchev–Trinajstić information content (AvgIpc) is 3.06. The molecular weight excluding hydrogens is 522 g/mol. The van der Waals surface area contributed by atoms with Gasteiger partial charge in [-0.1, -0.05) is 50.1 Å². The van der Waals surface area contributed by atoms with Crippen molar-refractivity contribution in [2.45, 2.75) is 63.0 Å². The van der Waals surface area contributed by atoms with Gasteiger partial charge in [0, 0.05) is 16.1 Å². The van der Waals surface area contributed by atoms with E-state index >= 15 is 0 Å². The summed E-state index contributed by atoms with van der Waals surface area (Å²) in [6.07, 6.45) is 21.1. The van der Waals surface area contributed by atoms with Gasteiger partial charge >= 0.3 is 25.8 Å². The molecule has 2 heterocycles. The van der Waals surface area contributed by atoms with Gasteiger partial charge in [-0.3, -0.25) is 12.2 Å². The van der Waals surface area contributed by atoms with Gasteiger partial charge in [0.25, 0.3) is 0 Å². The number of rotatable bonds is 2. The normalized spacial score (nSPS) is 24.3. The minimum absolute atomic E-state index is 0. The molecule has 0 atom stereocenters. The molecule has 0 spiro atoms. The summed E-state index contributed by atoms with van der Waals surface area (Å²) in [5.74, 6) is 0. The molecule has 2 aliphatic carbocycles. The van der Waals surface area contributed by atoms with E-state index in [9.17, 15) is 0 Å². The molecule has 23 heavy (non-hydrogen) atoms. The van der Waals surface area contributed by atoms with Gasteiger partial charge in [0.05, 0.1) is 0 Å². The molecule has 0 N–H and O–H groups in total. The van der Waals surface area contributed by atoms with E-state index < -0.39 is 16.1 Å². The number of allylic oxidation sites excluding steroid dienone is 8. The average molecular weight is 548 g/mol. The fourth-order valence-electron chi connectivity index (χ4n) is 3.59. The van der Waals surface area contributed by atoms with Crippen LogP contribution in [0.4, 0.5) is 0 Å². The molecule has 2 saturated heterocycles. The van der Waals surface area contributed by atoms with E-state index in [-0.39, 0.29) is 50.7 Å². The molecule has 0 aromatic rings. The van der Waals surface area contributed by atoms with Crippen LogP contribution in [0.2, 0.25) is 37.3 Å². The predicted molar refractivity (Wildman–Crippen MR) is 92.7 cm³/mol. The van der Waals surface area contributed by atoms with Gasteiger partial charge in [0.2, 0.25) is 0 Å². The van der Waals surface area contributed by atoms with Crippen molar-refractivity contribution in [3.63, 3.8) is 0 Å². The van der Waals surface area contributed by atoms with Crippen molar-refractivity contribution in [2.24, 2.45) is 0 Å². The van der Waals surface area contributed by atoms with Gasteiger partial charge in [-0.25, -0.2) is 22.5 Å². The summed E-state index contributed by atoms with van der Waals surface area (Å²) in [6.45, 7) is 4.99. The largest absolute Gasteiger partial charge is 4.00 e. The Morgan fingerprint density at radius 3 is 1.26 bits per heavy atom. The number of hydrogen-bond acceptors (Lipinski definition) is 0. The first-order valence-corrected chi connectivity index (χ1v) is 14.0. The second-order valence-corrected chi connectivity index (χ2v) is 16.5. The van der Waals surface area contributed by atoms with Crippen LogP contribution in [0.3, 0.4) is 0 Å². The van der Waals surface area contributed by atoms with Crippen LogP contribution in [0.15, 0.2) is 34.7 Å². The third kappa shape index (κ3) is 5.41. The zero-order chi connectivity index (χ0) is 14.1. The molecule has 0 unspecified atom stereocenters. The molecule has 0 aromatic carbocycles. The van der Waals surface area contributed by atoms with E-state index in [1.165, 1.54) is 37.0 Å². The van der Waals surface area contributed by atoms with Gasteiger partial charge in [-0.05, 0) is 0 Å². The Bertz CT molecular complexity index is 455. The summed E-state index contributed by atoms with van der Waals surface area (Å²) in [5.41, 5.74) is 0. The monoisotopic (exact) mass is 548 g/mol. The Morgan fingerprint density at radius 1 is 0.739 bits per heavy atom. The Kier molecular flexibility index (Phi) is 10.5. The van der Waals surface area contributed by atoms with E-state index in [1.54, 1.807) is 10.4 Å². The third-order valence-electron chi connectivity index (χ3n) is 5.60. The predicted octanol–water partition coefficient (Wildman–Crippen LogP) is -0.600. The van der Waals surface area contributed by atoms with Crippen LogP contribution >= 0.6 is 0 Å². The van der Waals surface area contributed by atoms with Crippen molar-refractivity contribution in [1.82, 2.24) is 0 Å². The second-order valence-electron chi connectivity index (χ2n) is 7.22. The number of hydrogen-bond donors (Lipinski definition) is 0. The molecule has 0 saturated carbocycles. The van der Waals surface area contributed by atoms with Crippen molar-refractivity contribution in [3.8, 4) is 0 Å². The molecule has 0 aromatic heterocycles. The first kappa shape index (κ1) is 23.8. The van der Waals surface area contributed by atoms with Crippen LogP contribution in [0.25, 0.3) is 0 Å². The van der Waals surface area contributed by atoms with Crippen molar-refractivity contribution < 1.29 is 50.7 Å². The van der Waals surface area contributed by atoms with E-state index in [0.29, 0.717) is 0 Å². The van der Waals surface area contributed by atoms with Crippen LogP contribution in [0, 0.1) is 12.2 Å². The van der Waals surface area contributed by atoms with Gasteiger partial charge < -0.3 is 24.8 Å². The smallest absolute Gasteiger partial charge is 1.00 e. The van der Waals surface area contributed by atoms with Crippen molar-refractivity contribution in [3.05, 3.63) is 46.8 Å². The molecule has 0 radical (unpaired) electrons. The molecule has 4 aliphatic rings. The van der Waals surface area contributed by atoms with E-state index in [2.05, 4.69) is 49.6 Å². The van der Waals surface area contributed by atoms with Crippen LogP contribution in [0.1, 0.15) is 25.7 Å². The molecule has 5 heteroatoms. The Balaban J connectivity index is 0.000000372. The fourth-order valence-corrected chi connectivity index (χ4v) is 9.60. The zero-order valence-corrected chi connectivity index (χ0v) is 21.3. The van der Waals surface area contributed by atoms with Gasteiger partial charge in [0.1, 0.15) is 0 Å². The van der Waals surface area contributed by atoms with Crippen molar-refractivity contribution in [1.29, 1.82) is 0 Å². The third-order valence-corrected chi connectivity index (χ3v) is 14.7. The summed E-state index contributed by atoms with van der Waals surface area (Å²) in [5, 5.41) is 3.22. The summed E-state index contributed by atoms with van der Waals surface area (Å²) in [6, 6.07) is 6.05. The van der Waals surface area contributed by atoms with Crippen LogP contribution in [-0.2, 0) is 25.8 Å². The quantitative estimate of drug-likeness (QED) is 0.320. The Morgan fingerprint density at radius 2 is 1.09 bits per heavy atom. The van der Waals surface area contributed by atoms with E-state index in [1.807, 2.05) is 0 Å². The summed E-state index contributed by atoms with van der Waals surface area (Å²) in [4.78, 5) is 0. The van der Waals surface area contributed by atoms with Crippen LogP contribution in [0.5, 0.6) is 0 Å². The van der Waals surface area contributed by atoms with Crippen molar-refractivity contribution >= 4 is 16.1 Å². The first-order valence-electron chi connectivity index (χ1n) is 8.18. The Labute approximate surface area is 175 Å². The molecule has 4 rings (SSSR count). The molecule has 2 fully saturated rings. The summed E-state index contributed by atoms with van der Waals surface area (Å²) >= 11 is 0. The first-order chi connectivity index (χ1) is 9.62.